The third kappa shape index (κ3) is 4.72. The summed E-state index contributed by atoms with van der Waals surface area (Å²) >= 11 is 5.56. The molecule has 0 radical (unpaired) electrons. The van der Waals surface area contributed by atoms with E-state index in [2.05, 4.69) is 51.4 Å². The molecule has 7 rings (SSSR count). The predicted octanol–water partition coefficient (Wildman–Crippen LogP) is 5.99. The Morgan fingerprint density at radius 2 is 1.90 bits per heavy atom. The van der Waals surface area contributed by atoms with Crippen molar-refractivity contribution >= 4 is 34.3 Å². The molecule has 2 aromatic heterocycles. The van der Waals surface area contributed by atoms with Crippen molar-refractivity contribution in [2.75, 3.05) is 11.9 Å². The first-order chi connectivity index (χ1) is 19.4. The summed E-state index contributed by atoms with van der Waals surface area (Å²) in [4.78, 5) is 9.35. The van der Waals surface area contributed by atoms with Crippen molar-refractivity contribution in [3.8, 4) is 5.75 Å². The summed E-state index contributed by atoms with van der Waals surface area (Å²) in [5.41, 5.74) is 3.58. The van der Waals surface area contributed by atoms with Gasteiger partial charge in [0.15, 0.2) is 11.9 Å². The van der Waals surface area contributed by atoms with E-state index in [9.17, 15) is 0 Å². The number of ether oxygens (including phenoxy) is 4. The molecule has 8 nitrogen and oxygen atoms in total. The molecule has 0 spiro atoms. The Kier molecular flexibility index (Phi) is 6.45. The van der Waals surface area contributed by atoms with E-state index in [0.29, 0.717) is 12.4 Å². The van der Waals surface area contributed by atoms with Crippen molar-refractivity contribution in [2.45, 2.75) is 63.2 Å². The molecular formula is C31H32N4O4S. The Hall–Kier alpha value is -3.53. The van der Waals surface area contributed by atoms with Gasteiger partial charge in [0.25, 0.3) is 0 Å². The molecule has 0 unspecified atom stereocenters. The SMILES string of the molecule is CC1(C)OC[C@@H]2C[C@@H](n3ccc4c(N[C@H]5CCc6ccccc65)ncnc43)[C@H](OC(=S)Oc3ccccc3)[C@@H]2O1. The monoisotopic (exact) mass is 556 g/mol. The lowest BCUT2D eigenvalue weighted by atomic mass is 10.0. The molecule has 9 heteroatoms. The Bertz CT molecular complexity index is 1540. The molecule has 3 heterocycles. The summed E-state index contributed by atoms with van der Waals surface area (Å²) in [6, 6.07) is 20.3. The van der Waals surface area contributed by atoms with Crippen LogP contribution < -0.4 is 10.1 Å². The van der Waals surface area contributed by atoms with E-state index in [1.165, 1.54) is 11.1 Å². The number of aromatic nitrogens is 3. The highest BCUT2D eigenvalue weighted by molar-refractivity contribution is 7.79. The average Bonchev–Trinajstić information content (AvgIpc) is 3.65. The minimum atomic E-state index is -0.713. The second kappa shape index (κ2) is 10.1. The van der Waals surface area contributed by atoms with Crippen LogP contribution in [0.3, 0.4) is 0 Å². The van der Waals surface area contributed by atoms with E-state index in [4.69, 9.17) is 36.1 Å². The number of anilines is 1. The Morgan fingerprint density at radius 3 is 2.77 bits per heavy atom. The van der Waals surface area contributed by atoms with Crippen LogP contribution in [0.25, 0.3) is 11.0 Å². The smallest absolute Gasteiger partial charge is 0.358 e. The molecule has 3 aliphatic rings. The van der Waals surface area contributed by atoms with Crippen LogP contribution in [0.5, 0.6) is 5.75 Å². The number of benzene rings is 2. The molecule has 1 aliphatic heterocycles. The highest BCUT2D eigenvalue weighted by Crippen LogP contribution is 2.45. The Balaban J connectivity index is 1.19. The molecule has 2 fully saturated rings. The third-order valence-electron chi connectivity index (χ3n) is 8.26. The van der Waals surface area contributed by atoms with Crippen LogP contribution in [0.15, 0.2) is 73.2 Å². The van der Waals surface area contributed by atoms with E-state index >= 15 is 0 Å². The van der Waals surface area contributed by atoms with Crippen LogP contribution in [0, 0.1) is 5.92 Å². The lowest BCUT2D eigenvalue weighted by molar-refractivity contribution is -0.297. The highest BCUT2D eigenvalue weighted by Gasteiger charge is 2.52. The van der Waals surface area contributed by atoms with Crippen molar-refractivity contribution in [1.29, 1.82) is 0 Å². The van der Waals surface area contributed by atoms with Gasteiger partial charge in [0, 0.05) is 24.3 Å². The Morgan fingerprint density at radius 1 is 1.07 bits per heavy atom. The molecule has 0 bridgehead atoms. The van der Waals surface area contributed by atoms with Crippen molar-refractivity contribution in [2.24, 2.45) is 5.92 Å². The molecule has 4 aromatic rings. The van der Waals surface area contributed by atoms with Crippen molar-refractivity contribution in [3.05, 3.63) is 84.3 Å². The van der Waals surface area contributed by atoms with Gasteiger partial charge in [-0.05, 0) is 62.4 Å². The fourth-order valence-electron chi connectivity index (χ4n) is 6.42. The van der Waals surface area contributed by atoms with Gasteiger partial charge in [0.2, 0.25) is 0 Å². The molecule has 1 saturated heterocycles. The molecule has 206 valence electrons. The minimum absolute atomic E-state index is 0.0723. The molecule has 2 aliphatic carbocycles. The summed E-state index contributed by atoms with van der Waals surface area (Å²) < 4.78 is 26.9. The number of hydrogen-bond acceptors (Lipinski definition) is 8. The van der Waals surface area contributed by atoms with E-state index < -0.39 is 5.79 Å². The van der Waals surface area contributed by atoms with Gasteiger partial charge in [0.1, 0.15) is 29.6 Å². The maximum absolute atomic E-state index is 6.43. The Labute approximate surface area is 238 Å². The van der Waals surface area contributed by atoms with Gasteiger partial charge in [0.05, 0.1) is 24.1 Å². The van der Waals surface area contributed by atoms with Crippen LogP contribution in [-0.2, 0) is 20.6 Å². The molecule has 40 heavy (non-hydrogen) atoms. The summed E-state index contributed by atoms with van der Waals surface area (Å²) in [7, 11) is 0. The van der Waals surface area contributed by atoms with E-state index in [1.54, 1.807) is 6.33 Å². The normalized spacial score (nSPS) is 26.7. The fraction of sp³-hybridized carbons (Fsp3) is 0.387. The van der Waals surface area contributed by atoms with Crippen molar-refractivity contribution in [1.82, 2.24) is 14.5 Å². The van der Waals surface area contributed by atoms with E-state index in [1.807, 2.05) is 44.2 Å². The second-order valence-electron chi connectivity index (χ2n) is 11.2. The van der Waals surface area contributed by atoms with Crippen LogP contribution >= 0.6 is 12.2 Å². The van der Waals surface area contributed by atoms with Gasteiger partial charge in [-0.2, -0.15) is 0 Å². The van der Waals surface area contributed by atoms with Gasteiger partial charge in [-0.3, -0.25) is 0 Å². The largest absolute Gasteiger partial charge is 0.448 e. The van der Waals surface area contributed by atoms with Crippen LogP contribution in [0.2, 0.25) is 0 Å². The fourth-order valence-corrected chi connectivity index (χ4v) is 6.63. The lowest BCUT2D eigenvalue weighted by Gasteiger charge is -2.39. The number of thiocarbonyl (C=S) groups is 1. The predicted molar refractivity (Wildman–Crippen MR) is 155 cm³/mol. The van der Waals surface area contributed by atoms with E-state index in [-0.39, 0.29) is 35.4 Å². The van der Waals surface area contributed by atoms with Crippen LogP contribution in [0.4, 0.5) is 5.82 Å². The van der Waals surface area contributed by atoms with Gasteiger partial charge in [-0.25, -0.2) is 9.97 Å². The number of para-hydroxylation sites is 1. The molecule has 5 atom stereocenters. The molecular weight excluding hydrogens is 524 g/mol. The average molecular weight is 557 g/mol. The zero-order valence-corrected chi connectivity index (χ0v) is 23.3. The summed E-state index contributed by atoms with van der Waals surface area (Å²) in [5.74, 6) is 0.904. The number of hydrogen-bond donors (Lipinski definition) is 1. The number of aryl methyl sites for hydroxylation is 1. The number of fused-ring (bicyclic) bond motifs is 3. The first-order valence-electron chi connectivity index (χ1n) is 13.9. The molecule has 1 N–H and O–H groups in total. The van der Waals surface area contributed by atoms with Crippen LogP contribution in [-0.4, -0.2) is 44.4 Å². The summed E-state index contributed by atoms with van der Waals surface area (Å²) in [6.07, 6.45) is 6.01. The standard InChI is InChI=1S/C31H32N4O4S/c1-31(2)36-17-20-16-25(27(26(20)39-31)38-30(40)37-21-9-4-3-5-10-21)35-15-14-23-28(32-18-33-29(23)35)34-24-13-12-19-8-6-7-11-22(19)24/h3-11,14-15,18,20,24-27H,12-13,16-17H2,1-2H3,(H,32,33,34)/t20-,24-,25+,26+,27-/m0/s1. The maximum atomic E-state index is 6.43. The maximum Gasteiger partial charge on any atom is 0.358 e. The van der Waals surface area contributed by atoms with Crippen molar-refractivity contribution in [3.63, 3.8) is 0 Å². The zero-order valence-electron chi connectivity index (χ0n) is 22.5. The van der Waals surface area contributed by atoms with Crippen molar-refractivity contribution < 1.29 is 18.9 Å². The second-order valence-corrected chi connectivity index (χ2v) is 11.6. The number of nitrogens with one attached hydrogen (secondary N) is 1. The quantitative estimate of drug-likeness (QED) is 0.300. The molecule has 2 aromatic carbocycles. The van der Waals surface area contributed by atoms with Gasteiger partial charge >= 0.3 is 5.24 Å². The zero-order chi connectivity index (χ0) is 27.3. The van der Waals surface area contributed by atoms with Gasteiger partial charge in [-0.15, -0.1) is 0 Å². The highest BCUT2D eigenvalue weighted by atomic mass is 32.1. The summed E-state index contributed by atoms with van der Waals surface area (Å²) in [5, 5.41) is 4.74. The molecule has 0 amide bonds. The topological polar surface area (TPSA) is 79.7 Å². The summed E-state index contributed by atoms with van der Waals surface area (Å²) in [6.45, 7) is 4.45. The van der Waals surface area contributed by atoms with E-state index in [0.717, 1.165) is 36.1 Å². The first-order valence-corrected chi connectivity index (χ1v) is 14.3. The molecule has 1 saturated carbocycles. The number of rotatable bonds is 5. The van der Waals surface area contributed by atoms with Gasteiger partial charge < -0.3 is 28.8 Å². The third-order valence-corrected chi connectivity index (χ3v) is 8.44. The number of nitrogens with zero attached hydrogens (tertiary/aromatic N) is 3. The minimum Gasteiger partial charge on any atom is -0.448 e. The first kappa shape index (κ1) is 25.4. The van der Waals surface area contributed by atoms with Crippen LogP contribution in [0.1, 0.15) is 49.9 Å². The van der Waals surface area contributed by atoms with Gasteiger partial charge in [-0.1, -0.05) is 42.5 Å². The lowest BCUT2D eigenvalue weighted by Crippen LogP contribution is -2.48.